The van der Waals surface area contributed by atoms with Gasteiger partial charge in [0.1, 0.15) is 0 Å². The molecular formula is C9H11O2+. The van der Waals surface area contributed by atoms with Crippen LogP contribution in [-0.2, 0) is 9.53 Å². The van der Waals surface area contributed by atoms with E-state index in [0.29, 0.717) is 6.42 Å². The number of allylic oxidation sites excluding steroid dienone is 1. The predicted octanol–water partition coefficient (Wildman–Crippen LogP) is 1.64. The second-order valence-electron chi connectivity index (χ2n) is 2.39. The average molecular weight is 151 g/mol. The van der Waals surface area contributed by atoms with Gasteiger partial charge in [-0.3, -0.25) is 0 Å². The van der Waals surface area contributed by atoms with Gasteiger partial charge in [-0.25, -0.2) is 4.79 Å². The summed E-state index contributed by atoms with van der Waals surface area (Å²) in [5.41, 5.74) is 0.758. The number of carbonyl (C=O) groups excluding carboxylic acids is 1. The monoisotopic (exact) mass is 151 g/mol. The summed E-state index contributed by atoms with van der Waals surface area (Å²) in [6.45, 7) is 5.37. The van der Waals surface area contributed by atoms with Gasteiger partial charge in [-0.2, -0.15) is 0 Å². The fourth-order valence-corrected chi connectivity index (χ4v) is 1.05. The fraction of sp³-hybridized carbons (Fsp3) is 0.333. The van der Waals surface area contributed by atoms with Gasteiger partial charge in [0.05, 0.1) is 12.5 Å². The molecular weight excluding hydrogens is 140 g/mol. The highest BCUT2D eigenvalue weighted by molar-refractivity contribution is 5.90. The molecule has 0 amide bonds. The summed E-state index contributed by atoms with van der Waals surface area (Å²) in [5, 5.41) is 0. The molecule has 0 aromatic heterocycles. The highest BCUT2D eigenvalue weighted by Crippen LogP contribution is 2.21. The van der Waals surface area contributed by atoms with E-state index in [-0.39, 0.29) is 12.1 Å². The van der Waals surface area contributed by atoms with Crippen LogP contribution in [0.5, 0.6) is 0 Å². The van der Waals surface area contributed by atoms with Crippen molar-refractivity contribution in [2.75, 3.05) is 0 Å². The van der Waals surface area contributed by atoms with Crippen LogP contribution < -0.4 is 0 Å². The normalized spacial score (nSPS) is 26.8. The largest absolute Gasteiger partial charge is 0.435 e. The van der Waals surface area contributed by atoms with Gasteiger partial charge in [-0.15, -0.1) is 0 Å². The van der Waals surface area contributed by atoms with Crippen LogP contribution in [0.4, 0.5) is 0 Å². The molecule has 1 fully saturated rings. The summed E-state index contributed by atoms with van der Waals surface area (Å²) < 4.78 is 4.97. The third kappa shape index (κ3) is 1.64. The fourth-order valence-electron chi connectivity index (χ4n) is 1.05. The second kappa shape index (κ2) is 3.28. The van der Waals surface area contributed by atoms with Crippen molar-refractivity contribution in [1.82, 2.24) is 0 Å². The maximum Gasteiger partial charge on any atom is 0.336 e. The van der Waals surface area contributed by atoms with Gasteiger partial charge >= 0.3 is 5.97 Å². The lowest BCUT2D eigenvalue weighted by Gasteiger charge is -1.96. The Labute approximate surface area is 66.5 Å². The van der Waals surface area contributed by atoms with Crippen molar-refractivity contribution in [2.24, 2.45) is 0 Å². The van der Waals surface area contributed by atoms with Crippen LogP contribution in [0.1, 0.15) is 13.3 Å². The number of hydrogen-bond acceptors (Lipinski definition) is 2. The lowest BCUT2D eigenvalue weighted by molar-refractivity contribution is -0.137. The minimum atomic E-state index is -0.199. The summed E-state index contributed by atoms with van der Waals surface area (Å²) >= 11 is 0. The number of carbonyl (C=O) groups is 1. The first kappa shape index (κ1) is 7.92. The Hall–Kier alpha value is -1.18. The van der Waals surface area contributed by atoms with Gasteiger partial charge < -0.3 is 4.74 Å². The Morgan fingerprint density at radius 1 is 1.82 bits per heavy atom. The van der Waals surface area contributed by atoms with E-state index < -0.39 is 0 Å². The van der Waals surface area contributed by atoms with E-state index in [4.69, 9.17) is 4.74 Å². The molecule has 1 saturated heterocycles. The molecule has 1 aliphatic heterocycles. The minimum absolute atomic E-state index is 0.0915. The van der Waals surface area contributed by atoms with Crippen LogP contribution in [-0.4, -0.2) is 12.1 Å². The van der Waals surface area contributed by atoms with Crippen molar-refractivity contribution in [1.29, 1.82) is 0 Å². The standard InChI is InChI=1S/C9H11O2/c1-3-5-8-6-7(4-2)9(10)11-8/h3-5,8H,1,6H2,2H3/q+1/b7-4-. The van der Waals surface area contributed by atoms with E-state index in [1.165, 1.54) is 0 Å². The molecule has 0 aromatic rings. The van der Waals surface area contributed by atoms with E-state index in [1.807, 2.05) is 6.92 Å². The Morgan fingerprint density at radius 3 is 3.00 bits per heavy atom. The zero-order valence-electron chi connectivity index (χ0n) is 6.54. The third-order valence-electron chi connectivity index (χ3n) is 1.64. The van der Waals surface area contributed by atoms with Crippen molar-refractivity contribution < 1.29 is 9.53 Å². The summed E-state index contributed by atoms with van der Waals surface area (Å²) in [6, 6.07) is 0. The van der Waals surface area contributed by atoms with Crippen molar-refractivity contribution in [3.05, 3.63) is 30.7 Å². The smallest absolute Gasteiger partial charge is 0.336 e. The lowest BCUT2D eigenvalue weighted by Crippen LogP contribution is -2.05. The van der Waals surface area contributed by atoms with Gasteiger partial charge in [-0.1, -0.05) is 6.08 Å². The molecule has 1 unspecified atom stereocenters. The topological polar surface area (TPSA) is 26.3 Å². The molecule has 58 valence electrons. The highest BCUT2D eigenvalue weighted by Gasteiger charge is 2.29. The molecule has 2 heteroatoms. The zero-order valence-corrected chi connectivity index (χ0v) is 6.54. The van der Waals surface area contributed by atoms with Crippen molar-refractivity contribution in [3.63, 3.8) is 0 Å². The van der Waals surface area contributed by atoms with Crippen molar-refractivity contribution in [2.45, 2.75) is 19.4 Å². The lowest BCUT2D eigenvalue weighted by atomic mass is 10.1. The second-order valence-corrected chi connectivity index (χ2v) is 2.39. The molecule has 0 aliphatic carbocycles. The zero-order chi connectivity index (χ0) is 8.27. The van der Waals surface area contributed by atoms with Gasteiger partial charge in [0.25, 0.3) is 0 Å². The SMILES string of the molecule is C=C[CH+]C1C/C(=C/C)C(=O)O1. The average Bonchev–Trinajstić information content (AvgIpc) is 2.32. The Morgan fingerprint density at radius 2 is 2.55 bits per heavy atom. The number of esters is 1. The van der Waals surface area contributed by atoms with E-state index >= 15 is 0 Å². The number of rotatable bonds is 2. The summed E-state index contributed by atoms with van der Waals surface area (Å²) in [4.78, 5) is 10.9. The first-order valence-corrected chi connectivity index (χ1v) is 3.60. The van der Waals surface area contributed by atoms with Crippen LogP contribution in [0.25, 0.3) is 0 Å². The molecule has 0 spiro atoms. The van der Waals surface area contributed by atoms with Crippen LogP contribution in [0.15, 0.2) is 24.3 Å². The maximum absolute atomic E-state index is 10.9. The molecule has 11 heavy (non-hydrogen) atoms. The predicted molar refractivity (Wildman–Crippen MR) is 42.8 cm³/mol. The molecule has 1 heterocycles. The third-order valence-corrected chi connectivity index (χ3v) is 1.64. The van der Waals surface area contributed by atoms with Crippen LogP contribution in [0, 0.1) is 6.42 Å². The summed E-state index contributed by atoms with van der Waals surface area (Å²) in [5.74, 6) is -0.199. The van der Waals surface area contributed by atoms with Gasteiger partial charge in [0.2, 0.25) is 0 Å². The Kier molecular flexibility index (Phi) is 2.36. The van der Waals surface area contributed by atoms with Crippen molar-refractivity contribution in [3.8, 4) is 0 Å². The van der Waals surface area contributed by atoms with Crippen LogP contribution in [0.2, 0.25) is 0 Å². The van der Waals surface area contributed by atoms with Gasteiger partial charge in [0.15, 0.2) is 6.10 Å². The van der Waals surface area contributed by atoms with Crippen LogP contribution in [0.3, 0.4) is 0 Å². The van der Waals surface area contributed by atoms with Crippen molar-refractivity contribution >= 4 is 5.97 Å². The Balaban J connectivity index is 2.56. The molecule has 1 rings (SSSR count). The first-order chi connectivity index (χ1) is 5.27. The van der Waals surface area contributed by atoms with Gasteiger partial charge in [0, 0.05) is 18.6 Å². The molecule has 2 nitrogen and oxygen atoms in total. The molecule has 0 aromatic carbocycles. The molecule has 0 saturated carbocycles. The number of hydrogen-bond donors (Lipinski definition) is 0. The first-order valence-electron chi connectivity index (χ1n) is 3.60. The Bertz CT molecular complexity index is 204. The van der Waals surface area contributed by atoms with Gasteiger partial charge in [-0.05, 0) is 6.92 Å². The van der Waals surface area contributed by atoms with E-state index in [2.05, 4.69) is 6.58 Å². The molecule has 0 N–H and O–H groups in total. The quantitative estimate of drug-likeness (QED) is 0.340. The highest BCUT2D eigenvalue weighted by atomic mass is 16.5. The molecule has 1 aliphatic rings. The molecule has 0 radical (unpaired) electrons. The molecule has 1 atom stereocenters. The summed E-state index contributed by atoms with van der Waals surface area (Å²) in [7, 11) is 0. The number of cyclic esters (lactones) is 1. The molecule has 0 bridgehead atoms. The maximum atomic E-state index is 10.9. The van der Waals surface area contributed by atoms with E-state index in [1.54, 1.807) is 18.6 Å². The number of ether oxygens (including phenoxy) is 1. The van der Waals surface area contributed by atoms with E-state index in [9.17, 15) is 4.79 Å². The minimum Gasteiger partial charge on any atom is -0.435 e. The summed E-state index contributed by atoms with van der Waals surface area (Å²) in [6.07, 6.45) is 5.82. The van der Waals surface area contributed by atoms with Crippen LogP contribution >= 0.6 is 0 Å². The van der Waals surface area contributed by atoms with E-state index in [0.717, 1.165) is 5.57 Å².